The van der Waals surface area contributed by atoms with Gasteiger partial charge in [-0.25, -0.2) is 0 Å². The van der Waals surface area contributed by atoms with Gasteiger partial charge in [0, 0.05) is 44.2 Å². The maximum Gasteiger partial charge on any atom is 0.303 e. The van der Waals surface area contributed by atoms with Crippen LogP contribution in [-0.2, 0) is 42.9 Å². The van der Waals surface area contributed by atoms with Crippen LogP contribution in [0.3, 0.4) is 0 Å². The molecule has 0 aromatic rings. The average molecular weight is 495 g/mol. The second-order valence-electron chi connectivity index (χ2n) is 9.37. The van der Waals surface area contributed by atoms with Gasteiger partial charge in [-0.2, -0.15) is 0 Å². The van der Waals surface area contributed by atoms with Gasteiger partial charge in [-0.1, -0.05) is 19.0 Å². The molecule has 0 N–H and O–H groups in total. The summed E-state index contributed by atoms with van der Waals surface area (Å²) in [6.45, 7) is 8.12. The van der Waals surface area contributed by atoms with E-state index in [1.165, 1.54) is 6.92 Å². The van der Waals surface area contributed by atoms with E-state index < -0.39 is 66.4 Å². The number of Topliss-reactive ketones (excluding diaryl/α,β-unsaturated/α-hetero) is 2. The first-order chi connectivity index (χ1) is 16.3. The molecule has 0 amide bonds. The topological polar surface area (TPSA) is 183 Å². The van der Waals surface area contributed by atoms with E-state index in [-0.39, 0.29) is 30.1 Å². The third kappa shape index (κ3) is 7.33. The zero-order valence-electron chi connectivity index (χ0n) is 20.5. The molecule has 35 heavy (non-hydrogen) atoms. The van der Waals surface area contributed by atoms with E-state index in [0.29, 0.717) is 0 Å². The monoisotopic (exact) mass is 494 g/mol. The highest BCUT2D eigenvalue weighted by atomic mass is 16.6. The number of carbonyl (C=O) groups excluding carboxylic acids is 5. The molecular formula is C22H30N4O9. The Morgan fingerprint density at radius 3 is 2.03 bits per heavy atom. The Hall–Kier alpha value is -3.31. The third-order valence-corrected chi connectivity index (χ3v) is 5.57. The van der Waals surface area contributed by atoms with Gasteiger partial charge in [0.25, 0.3) is 0 Å². The number of carbonyl (C=O) groups is 5. The quantitative estimate of drug-likeness (QED) is 0.0969. The summed E-state index contributed by atoms with van der Waals surface area (Å²) in [5.74, 6) is -3.88. The van der Waals surface area contributed by atoms with E-state index in [0.717, 1.165) is 20.8 Å². The third-order valence-electron chi connectivity index (χ3n) is 5.57. The minimum absolute atomic E-state index is 0.124. The molecule has 2 fully saturated rings. The Bertz CT molecular complexity index is 950. The molecule has 1 heterocycles. The van der Waals surface area contributed by atoms with E-state index in [1.54, 1.807) is 0 Å². The summed E-state index contributed by atoms with van der Waals surface area (Å²) >= 11 is 0. The SMILES string of the molecule is CC(=O)OC[C@H]1OC(N=[N+]=[N-])[C@H](N=C(C)C2C(=O)CC(C)(C)CC2=O)[C@@H](OC(C)=O)[C@@H]1OC(C)=O. The first-order valence-electron chi connectivity index (χ1n) is 11.0. The maximum atomic E-state index is 12.8. The summed E-state index contributed by atoms with van der Waals surface area (Å²) in [5.41, 5.74) is 8.74. The molecule has 2 rings (SSSR count). The van der Waals surface area contributed by atoms with Crippen molar-refractivity contribution >= 4 is 35.2 Å². The minimum Gasteiger partial charge on any atom is -0.463 e. The lowest BCUT2D eigenvalue weighted by atomic mass is 9.70. The summed E-state index contributed by atoms with van der Waals surface area (Å²) < 4.78 is 21.5. The van der Waals surface area contributed by atoms with Crippen molar-refractivity contribution in [3.05, 3.63) is 10.4 Å². The predicted molar refractivity (Wildman–Crippen MR) is 119 cm³/mol. The fourth-order valence-corrected chi connectivity index (χ4v) is 4.35. The Morgan fingerprint density at radius 2 is 1.54 bits per heavy atom. The highest BCUT2D eigenvalue weighted by Crippen LogP contribution is 2.35. The first kappa shape index (κ1) is 27.9. The van der Waals surface area contributed by atoms with Gasteiger partial charge in [-0.3, -0.25) is 29.0 Å². The molecule has 1 saturated heterocycles. The van der Waals surface area contributed by atoms with Crippen LogP contribution in [-0.4, -0.2) is 72.4 Å². The van der Waals surface area contributed by atoms with E-state index in [4.69, 9.17) is 24.5 Å². The van der Waals surface area contributed by atoms with Crippen molar-refractivity contribution < 1.29 is 42.9 Å². The van der Waals surface area contributed by atoms with Gasteiger partial charge in [-0.15, -0.1) is 0 Å². The van der Waals surface area contributed by atoms with Crippen LogP contribution in [0.1, 0.15) is 54.4 Å². The molecule has 0 bridgehead atoms. The molecule has 13 heteroatoms. The summed E-state index contributed by atoms with van der Waals surface area (Å²) in [4.78, 5) is 67.8. The second-order valence-corrected chi connectivity index (χ2v) is 9.37. The molecule has 1 saturated carbocycles. The van der Waals surface area contributed by atoms with Crippen molar-refractivity contribution in [1.29, 1.82) is 0 Å². The zero-order valence-corrected chi connectivity index (χ0v) is 20.5. The summed E-state index contributed by atoms with van der Waals surface area (Å²) in [7, 11) is 0. The number of hydrogen-bond acceptors (Lipinski definition) is 11. The second kappa shape index (κ2) is 11.4. The number of esters is 3. The van der Waals surface area contributed by atoms with Crippen molar-refractivity contribution in [3.8, 4) is 0 Å². The van der Waals surface area contributed by atoms with Gasteiger partial charge >= 0.3 is 17.9 Å². The molecule has 0 aromatic carbocycles. The first-order valence-corrected chi connectivity index (χ1v) is 11.0. The van der Waals surface area contributed by atoms with Crippen LogP contribution in [0.4, 0.5) is 0 Å². The number of aliphatic imine (C=N–C) groups is 1. The van der Waals surface area contributed by atoms with Crippen LogP contribution in [0.5, 0.6) is 0 Å². The number of ketones is 2. The maximum absolute atomic E-state index is 12.8. The Morgan fingerprint density at radius 1 is 1.00 bits per heavy atom. The number of nitrogens with zero attached hydrogens (tertiary/aromatic N) is 4. The standard InChI is InChI=1S/C22H30N4O9/c1-10(17-14(30)7-22(5,6)8-15(17)31)24-18-20(34-13(4)29)19(33-12(3)28)16(9-32-11(2)27)35-21(18)25-26-23/h16-21H,7-9H2,1-6H3/t16-,18-,19-,20-,21?/m1/s1. The van der Waals surface area contributed by atoms with Crippen LogP contribution >= 0.6 is 0 Å². The highest BCUT2D eigenvalue weighted by Gasteiger charge is 2.51. The fourth-order valence-electron chi connectivity index (χ4n) is 4.35. The van der Waals surface area contributed by atoms with Crippen molar-refractivity contribution in [1.82, 2.24) is 0 Å². The van der Waals surface area contributed by atoms with Crippen LogP contribution in [0.2, 0.25) is 0 Å². The van der Waals surface area contributed by atoms with Crippen molar-refractivity contribution in [2.45, 2.75) is 85.0 Å². The van der Waals surface area contributed by atoms with Crippen LogP contribution in [0.25, 0.3) is 10.4 Å². The Labute approximate surface area is 202 Å². The average Bonchev–Trinajstić information content (AvgIpc) is 2.68. The van der Waals surface area contributed by atoms with E-state index in [1.807, 2.05) is 13.8 Å². The fraction of sp³-hybridized carbons (Fsp3) is 0.727. The summed E-state index contributed by atoms with van der Waals surface area (Å²) in [6, 6.07) is -1.26. The van der Waals surface area contributed by atoms with Gasteiger partial charge < -0.3 is 18.9 Å². The van der Waals surface area contributed by atoms with E-state index >= 15 is 0 Å². The van der Waals surface area contributed by atoms with Crippen molar-refractivity contribution in [3.63, 3.8) is 0 Å². The van der Waals surface area contributed by atoms with Crippen molar-refractivity contribution in [2.75, 3.05) is 6.61 Å². The number of hydrogen-bond donors (Lipinski definition) is 0. The van der Waals surface area contributed by atoms with Gasteiger partial charge in [0.2, 0.25) is 0 Å². The molecule has 1 unspecified atom stereocenters. The molecule has 2 aliphatic rings. The molecule has 0 spiro atoms. The minimum atomic E-state index is -1.39. The molecule has 0 aromatic heterocycles. The Balaban J connectivity index is 2.53. The molecule has 192 valence electrons. The molecule has 13 nitrogen and oxygen atoms in total. The number of ether oxygens (including phenoxy) is 4. The molecule has 1 aliphatic heterocycles. The number of rotatable bonds is 7. The predicted octanol–water partition coefficient (Wildman–Crippen LogP) is 1.85. The van der Waals surface area contributed by atoms with Gasteiger partial charge in [0.1, 0.15) is 36.2 Å². The van der Waals surface area contributed by atoms with Crippen LogP contribution in [0, 0.1) is 11.3 Å². The molecule has 0 radical (unpaired) electrons. The largest absolute Gasteiger partial charge is 0.463 e. The summed E-state index contributed by atoms with van der Waals surface area (Å²) in [5, 5.41) is 3.58. The van der Waals surface area contributed by atoms with Crippen LogP contribution < -0.4 is 0 Å². The van der Waals surface area contributed by atoms with Gasteiger partial charge in [0.05, 0.1) is 0 Å². The van der Waals surface area contributed by atoms with E-state index in [9.17, 15) is 24.0 Å². The lowest BCUT2D eigenvalue weighted by molar-refractivity contribution is -0.219. The highest BCUT2D eigenvalue weighted by molar-refractivity contribution is 6.21. The zero-order chi connectivity index (χ0) is 26.5. The Kier molecular flexibility index (Phi) is 9.11. The molecule has 5 atom stereocenters. The lowest BCUT2D eigenvalue weighted by Crippen LogP contribution is -2.60. The van der Waals surface area contributed by atoms with Crippen molar-refractivity contribution in [2.24, 2.45) is 21.4 Å². The van der Waals surface area contributed by atoms with Crippen LogP contribution in [0.15, 0.2) is 10.1 Å². The number of azide groups is 1. The lowest BCUT2D eigenvalue weighted by Gasteiger charge is -2.42. The smallest absolute Gasteiger partial charge is 0.303 e. The van der Waals surface area contributed by atoms with Gasteiger partial charge in [-0.05, 0) is 17.9 Å². The van der Waals surface area contributed by atoms with E-state index in [2.05, 4.69) is 15.0 Å². The normalized spacial score (nSPS) is 29.1. The molecule has 1 aliphatic carbocycles. The molecular weight excluding hydrogens is 464 g/mol. The summed E-state index contributed by atoms with van der Waals surface area (Å²) in [6.07, 6.45) is -4.83. The van der Waals surface area contributed by atoms with Gasteiger partial charge in [0.15, 0.2) is 18.4 Å².